The van der Waals surface area contributed by atoms with Gasteiger partial charge in [0, 0.05) is 21.0 Å². The van der Waals surface area contributed by atoms with Gasteiger partial charge >= 0.3 is 0 Å². The number of thiophene rings is 1. The third-order valence-electron chi connectivity index (χ3n) is 4.49. The number of hydrogen-bond acceptors (Lipinski definition) is 4. The average Bonchev–Trinajstić information content (AvgIpc) is 2.77. The third kappa shape index (κ3) is 3.02. The maximum absolute atomic E-state index is 8.63. The van der Waals surface area contributed by atoms with E-state index in [1.807, 2.05) is 31.2 Å². The summed E-state index contributed by atoms with van der Waals surface area (Å²) in [5.74, 6) is 0.708. The van der Waals surface area contributed by atoms with Crippen LogP contribution in [0.1, 0.15) is 41.8 Å². The van der Waals surface area contributed by atoms with Gasteiger partial charge in [-0.3, -0.25) is 20.7 Å². The Balaban J connectivity index is 2.32. The first-order chi connectivity index (χ1) is 11.8. The second-order valence-electron chi connectivity index (χ2n) is 6.18. The summed E-state index contributed by atoms with van der Waals surface area (Å²) in [4.78, 5) is 7.86. The fourth-order valence-electron chi connectivity index (χ4n) is 3.03. The van der Waals surface area contributed by atoms with Crippen LogP contribution in [0.5, 0.6) is 0 Å². The molecule has 2 heterocycles. The molecule has 1 atom stereocenters. The maximum Gasteiger partial charge on any atom is 0.132 e. The summed E-state index contributed by atoms with van der Waals surface area (Å²) in [5.41, 5.74) is 4.05. The minimum absolute atomic E-state index is 0.273. The Hall–Kier alpha value is -1.98. The molecule has 1 aromatic heterocycles. The number of fused-ring (bicyclic) bond motifs is 1. The van der Waals surface area contributed by atoms with Gasteiger partial charge in [-0.15, -0.1) is 11.3 Å². The number of rotatable bonds is 2. The quantitative estimate of drug-likeness (QED) is 0.535. The topological polar surface area (TPSA) is 63.3 Å². The molecular weight excluding hydrogens is 352 g/mol. The van der Waals surface area contributed by atoms with Gasteiger partial charge in [-0.25, -0.2) is 0 Å². The highest BCUT2D eigenvalue weighted by Crippen LogP contribution is 2.40. The standard InChI is InChI=1S/C19H21ClN4S/c1-5-15-18(22)24(12(4)21)19-16(10(2)11(3)25-19)17(23-15)13-6-8-14(20)9-7-13/h6-9,15,21-22H,5H2,1-4H3/t15-/m0/s1. The van der Waals surface area contributed by atoms with E-state index in [0.29, 0.717) is 23.1 Å². The molecule has 0 fully saturated rings. The van der Waals surface area contributed by atoms with Crippen molar-refractivity contribution in [2.75, 3.05) is 4.90 Å². The van der Waals surface area contributed by atoms with Gasteiger partial charge in [-0.05, 0) is 44.9 Å². The summed E-state index contributed by atoms with van der Waals surface area (Å²) in [7, 11) is 0. The first kappa shape index (κ1) is 17.8. The number of amidine groups is 2. The molecule has 1 aliphatic heterocycles. The van der Waals surface area contributed by atoms with Crippen molar-refractivity contribution in [1.29, 1.82) is 10.8 Å². The van der Waals surface area contributed by atoms with Crippen LogP contribution in [0, 0.1) is 24.7 Å². The highest BCUT2D eigenvalue weighted by atomic mass is 35.5. The van der Waals surface area contributed by atoms with Gasteiger partial charge in [-0.2, -0.15) is 0 Å². The molecule has 0 amide bonds. The van der Waals surface area contributed by atoms with Gasteiger partial charge in [0.1, 0.15) is 22.7 Å². The van der Waals surface area contributed by atoms with E-state index in [4.69, 9.17) is 27.4 Å². The van der Waals surface area contributed by atoms with E-state index in [-0.39, 0.29) is 6.04 Å². The molecule has 0 unspecified atom stereocenters. The molecule has 25 heavy (non-hydrogen) atoms. The minimum Gasteiger partial charge on any atom is -0.288 e. The zero-order valence-electron chi connectivity index (χ0n) is 14.8. The largest absolute Gasteiger partial charge is 0.288 e. The molecule has 2 N–H and O–H groups in total. The summed E-state index contributed by atoms with van der Waals surface area (Å²) in [6.07, 6.45) is 0.715. The zero-order chi connectivity index (χ0) is 18.3. The molecule has 1 aromatic carbocycles. The smallest absolute Gasteiger partial charge is 0.132 e. The normalized spacial score (nSPS) is 17.2. The molecule has 0 aliphatic carbocycles. The lowest BCUT2D eigenvalue weighted by Crippen LogP contribution is -2.39. The number of halogens is 1. The van der Waals surface area contributed by atoms with Crippen LogP contribution in [-0.2, 0) is 0 Å². The van der Waals surface area contributed by atoms with Crippen LogP contribution in [0.15, 0.2) is 29.3 Å². The molecule has 0 bridgehead atoms. The molecule has 3 rings (SSSR count). The summed E-state index contributed by atoms with van der Waals surface area (Å²) in [6.45, 7) is 7.91. The van der Waals surface area contributed by atoms with Crippen LogP contribution in [0.4, 0.5) is 5.00 Å². The number of aryl methyl sites for hydroxylation is 1. The molecule has 0 spiro atoms. The zero-order valence-corrected chi connectivity index (χ0v) is 16.3. The molecule has 0 saturated heterocycles. The van der Waals surface area contributed by atoms with E-state index in [1.54, 1.807) is 23.2 Å². The Morgan fingerprint density at radius 2 is 1.92 bits per heavy atom. The number of anilines is 1. The van der Waals surface area contributed by atoms with Gasteiger partial charge in [0.05, 0.1) is 5.71 Å². The monoisotopic (exact) mass is 372 g/mol. The molecule has 130 valence electrons. The number of hydrogen-bond donors (Lipinski definition) is 2. The lowest BCUT2D eigenvalue weighted by Gasteiger charge is -2.24. The first-order valence-electron chi connectivity index (χ1n) is 8.23. The summed E-state index contributed by atoms with van der Waals surface area (Å²) < 4.78 is 0. The van der Waals surface area contributed by atoms with Crippen molar-refractivity contribution in [2.45, 2.75) is 40.2 Å². The molecule has 1 aliphatic rings. The van der Waals surface area contributed by atoms with Gasteiger partial charge in [0.2, 0.25) is 0 Å². The SMILES string of the molecule is CC[C@@H]1N=C(c2ccc(Cl)cc2)c2c(sc(C)c2C)N(C(C)=N)C1=N. The third-order valence-corrected chi connectivity index (χ3v) is 5.93. The molecule has 6 heteroatoms. The predicted octanol–water partition coefficient (Wildman–Crippen LogP) is 5.43. The second kappa shape index (κ2) is 6.73. The number of benzene rings is 1. The van der Waals surface area contributed by atoms with Crippen LogP contribution in [0.25, 0.3) is 0 Å². The highest BCUT2D eigenvalue weighted by Gasteiger charge is 2.32. The van der Waals surface area contributed by atoms with E-state index in [0.717, 1.165) is 27.4 Å². The van der Waals surface area contributed by atoms with Gasteiger partial charge in [0.25, 0.3) is 0 Å². The number of nitrogens with one attached hydrogen (secondary N) is 2. The first-order valence-corrected chi connectivity index (χ1v) is 9.42. The Morgan fingerprint density at radius 3 is 2.48 bits per heavy atom. The predicted molar refractivity (Wildman–Crippen MR) is 109 cm³/mol. The van der Waals surface area contributed by atoms with Crippen molar-refractivity contribution in [3.63, 3.8) is 0 Å². The summed E-state index contributed by atoms with van der Waals surface area (Å²) in [6, 6.07) is 7.40. The van der Waals surface area contributed by atoms with Gasteiger partial charge in [0.15, 0.2) is 0 Å². The van der Waals surface area contributed by atoms with Crippen LogP contribution in [0.2, 0.25) is 5.02 Å². The van der Waals surface area contributed by atoms with Crippen LogP contribution >= 0.6 is 22.9 Å². The van der Waals surface area contributed by atoms with E-state index in [1.165, 1.54) is 4.88 Å². The Kier molecular flexibility index (Phi) is 4.80. The summed E-state index contributed by atoms with van der Waals surface area (Å²) in [5, 5.41) is 18.5. The lowest BCUT2D eigenvalue weighted by molar-refractivity contribution is 0.810. The van der Waals surface area contributed by atoms with Crippen molar-refractivity contribution < 1.29 is 0 Å². The van der Waals surface area contributed by atoms with Crippen LogP contribution in [-0.4, -0.2) is 23.4 Å². The van der Waals surface area contributed by atoms with Crippen LogP contribution in [0.3, 0.4) is 0 Å². The fraction of sp³-hybridized carbons (Fsp3) is 0.316. The van der Waals surface area contributed by atoms with Crippen LogP contribution < -0.4 is 4.90 Å². The van der Waals surface area contributed by atoms with Crippen molar-refractivity contribution in [3.05, 3.63) is 50.9 Å². The number of nitrogens with zero attached hydrogens (tertiary/aromatic N) is 2. The minimum atomic E-state index is -0.273. The van der Waals surface area contributed by atoms with Crippen molar-refractivity contribution in [3.8, 4) is 0 Å². The van der Waals surface area contributed by atoms with Gasteiger partial charge < -0.3 is 0 Å². The molecule has 2 aromatic rings. The average molecular weight is 373 g/mol. The second-order valence-corrected chi connectivity index (χ2v) is 7.82. The van der Waals surface area contributed by atoms with Crippen molar-refractivity contribution >= 4 is 45.3 Å². The Labute approximate surface area is 157 Å². The molecule has 0 radical (unpaired) electrons. The summed E-state index contributed by atoms with van der Waals surface area (Å²) >= 11 is 7.68. The molecule has 4 nitrogen and oxygen atoms in total. The van der Waals surface area contributed by atoms with Crippen molar-refractivity contribution in [2.24, 2.45) is 4.99 Å². The lowest BCUT2D eigenvalue weighted by atomic mass is 10.00. The Bertz CT molecular complexity index is 880. The highest BCUT2D eigenvalue weighted by molar-refractivity contribution is 7.17. The van der Waals surface area contributed by atoms with E-state index >= 15 is 0 Å². The van der Waals surface area contributed by atoms with E-state index in [2.05, 4.69) is 13.8 Å². The number of aliphatic imine (C=N–C) groups is 1. The fourth-order valence-corrected chi connectivity index (χ4v) is 4.38. The van der Waals surface area contributed by atoms with E-state index < -0.39 is 0 Å². The molecule has 0 saturated carbocycles. The van der Waals surface area contributed by atoms with Crippen molar-refractivity contribution in [1.82, 2.24) is 0 Å². The Morgan fingerprint density at radius 1 is 1.28 bits per heavy atom. The van der Waals surface area contributed by atoms with Gasteiger partial charge in [-0.1, -0.05) is 30.7 Å². The van der Waals surface area contributed by atoms with E-state index in [9.17, 15) is 0 Å². The maximum atomic E-state index is 8.63. The molecular formula is C19H21ClN4S.